The second-order valence-electron chi connectivity index (χ2n) is 6.41. The number of anilines is 1. The number of carbonyl (C=O) groups is 1. The Morgan fingerprint density at radius 2 is 2.00 bits per heavy atom. The Morgan fingerprint density at radius 3 is 2.77 bits per heavy atom. The van der Waals surface area contributed by atoms with Gasteiger partial charge in [-0.25, -0.2) is 4.98 Å². The van der Waals surface area contributed by atoms with Crippen LogP contribution in [0.1, 0.15) is 16.1 Å². The Kier molecular flexibility index (Phi) is 5.76. The summed E-state index contributed by atoms with van der Waals surface area (Å²) in [6, 6.07) is 14.2. The zero-order valence-corrected chi connectivity index (χ0v) is 18.3. The number of amides is 1. The third-order valence-electron chi connectivity index (χ3n) is 4.29. The molecule has 30 heavy (non-hydrogen) atoms. The summed E-state index contributed by atoms with van der Waals surface area (Å²) in [5.41, 5.74) is 2.78. The molecule has 1 amide bonds. The number of hydrogen-bond acceptors (Lipinski definition) is 5. The third kappa shape index (κ3) is 4.18. The fourth-order valence-corrected chi connectivity index (χ4v) is 4.16. The van der Waals surface area contributed by atoms with E-state index in [0.717, 1.165) is 22.7 Å². The number of nitrogens with zero attached hydrogens (tertiary/aromatic N) is 3. The number of benzene rings is 2. The highest BCUT2D eigenvalue weighted by Crippen LogP contribution is 2.29. The van der Waals surface area contributed by atoms with Crippen LogP contribution in [-0.2, 0) is 0 Å². The summed E-state index contributed by atoms with van der Waals surface area (Å²) >= 11 is 13.5. The minimum Gasteiger partial charge on any atom is -0.497 e. The van der Waals surface area contributed by atoms with Gasteiger partial charge in [0, 0.05) is 22.0 Å². The molecular formula is C21H16Cl2N4O2S. The van der Waals surface area contributed by atoms with E-state index in [1.54, 1.807) is 30.0 Å². The average molecular weight is 459 g/mol. The van der Waals surface area contributed by atoms with Gasteiger partial charge in [-0.2, -0.15) is 9.78 Å². The topological polar surface area (TPSA) is 69.0 Å². The molecular weight excluding hydrogens is 443 g/mol. The molecule has 4 rings (SSSR count). The van der Waals surface area contributed by atoms with Crippen LogP contribution in [-0.4, -0.2) is 27.8 Å². The molecule has 0 radical (unpaired) electrons. The van der Waals surface area contributed by atoms with Gasteiger partial charge in [-0.1, -0.05) is 35.3 Å². The normalized spacial score (nSPS) is 10.8. The van der Waals surface area contributed by atoms with Crippen molar-refractivity contribution in [3.8, 4) is 22.1 Å². The summed E-state index contributed by atoms with van der Waals surface area (Å²) in [6.45, 7) is 1.85. The van der Waals surface area contributed by atoms with Gasteiger partial charge in [0.1, 0.15) is 11.6 Å². The van der Waals surface area contributed by atoms with Crippen LogP contribution in [0.15, 0.2) is 53.9 Å². The zero-order valence-electron chi connectivity index (χ0n) is 16.0. The van der Waals surface area contributed by atoms with Crippen LogP contribution in [0.4, 0.5) is 5.82 Å². The fourth-order valence-electron chi connectivity index (χ4n) is 2.87. The summed E-state index contributed by atoms with van der Waals surface area (Å²) in [7, 11) is 1.63. The standard InChI is InChI=1S/C21H16Cl2N4O2S/c1-12-8-19(25-20(28)16-7-6-14(22)10-17(16)23)27(26-12)21-24-18(11-30-21)13-4-3-5-15(9-13)29-2/h3-11H,1-2H3,(H,25,28). The Bertz CT molecular complexity index is 1240. The molecule has 0 aliphatic rings. The molecule has 0 spiro atoms. The molecule has 0 aliphatic carbocycles. The highest BCUT2D eigenvalue weighted by molar-refractivity contribution is 7.12. The van der Waals surface area contributed by atoms with Gasteiger partial charge in [0.05, 0.1) is 29.1 Å². The molecule has 6 nitrogen and oxygen atoms in total. The van der Waals surface area contributed by atoms with Crippen molar-refractivity contribution in [3.05, 3.63) is 75.2 Å². The first-order valence-corrected chi connectivity index (χ1v) is 10.5. The SMILES string of the molecule is COc1cccc(-c2csc(-n3nc(C)cc3NC(=O)c3ccc(Cl)cc3Cl)n2)c1. The molecule has 0 saturated carbocycles. The van der Waals surface area contributed by atoms with Crippen LogP contribution in [0.2, 0.25) is 10.0 Å². The van der Waals surface area contributed by atoms with Gasteiger partial charge >= 0.3 is 0 Å². The van der Waals surface area contributed by atoms with Crippen LogP contribution >= 0.6 is 34.5 Å². The van der Waals surface area contributed by atoms with Crippen molar-refractivity contribution in [1.29, 1.82) is 0 Å². The molecule has 0 aliphatic heterocycles. The minimum atomic E-state index is -0.359. The second kappa shape index (κ2) is 8.47. The van der Waals surface area contributed by atoms with Gasteiger partial charge in [0.15, 0.2) is 0 Å². The van der Waals surface area contributed by atoms with Gasteiger partial charge in [-0.3, -0.25) is 4.79 Å². The smallest absolute Gasteiger partial charge is 0.258 e. The molecule has 1 N–H and O–H groups in total. The van der Waals surface area contributed by atoms with Gasteiger partial charge < -0.3 is 10.1 Å². The molecule has 0 atom stereocenters. The van der Waals surface area contributed by atoms with Crippen molar-refractivity contribution in [3.63, 3.8) is 0 Å². The van der Waals surface area contributed by atoms with Crippen molar-refractivity contribution >= 4 is 46.3 Å². The van der Waals surface area contributed by atoms with Crippen LogP contribution in [0.5, 0.6) is 5.75 Å². The summed E-state index contributed by atoms with van der Waals surface area (Å²) in [6.07, 6.45) is 0. The minimum absolute atomic E-state index is 0.275. The van der Waals surface area contributed by atoms with E-state index in [4.69, 9.17) is 27.9 Å². The monoisotopic (exact) mass is 458 g/mol. The Morgan fingerprint density at radius 1 is 1.17 bits per heavy atom. The van der Waals surface area contributed by atoms with Gasteiger partial charge in [-0.05, 0) is 37.3 Å². The van der Waals surface area contributed by atoms with Crippen molar-refractivity contribution in [2.24, 2.45) is 0 Å². The molecule has 0 unspecified atom stereocenters. The fraction of sp³-hybridized carbons (Fsp3) is 0.0952. The molecule has 152 valence electrons. The van der Waals surface area contributed by atoms with E-state index in [1.807, 2.05) is 36.6 Å². The average Bonchev–Trinajstić information content (AvgIpc) is 3.34. The Labute approximate surface area is 187 Å². The van der Waals surface area contributed by atoms with Gasteiger partial charge in [0.25, 0.3) is 5.91 Å². The van der Waals surface area contributed by atoms with Crippen molar-refractivity contribution in [2.75, 3.05) is 12.4 Å². The van der Waals surface area contributed by atoms with Gasteiger partial charge in [0.2, 0.25) is 5.13 Å². The maximum absolute atomic E-state index is 12.7. The van der Waals surface area contributed by atoms with E-state index < -0.39 is 0 Å². The largest absolute Gasteiger partial charge is 0.497 e. The molecule has 2 aromatic heterocycles. The second-order valence-corrected chi connectivity index (χ2v) is 8.09. The van der Waals surface area contributed by atoms with Gasteiger partial charge in [-0.15, -0.1) is 11.3 Å². The predicted octanol–water partition coefficient (Wildman–Crippen LogP) is 5.87. The third-order valence-corrected chi connectivity index (χ3v) is 5.65. The lowest BCUT2D eigenvalue weighted by atomic mass is 10.2. The number of aryl methyl sites for hydroxylation is 1. The zero-order chi connectivity index (χ0) is 21.3. The number of methoxy groups -OCH3 is 1. The lowest BCUT2D eigenvalue weighted by Gasteiger charge is -2.08. The quantitative estimate of drug-likeness (QED) is 0.405. The number of halogens is 2. The Hall–Kier alpha value is -2.87. The van der Waals surface area contributed by atoms with Crippen LogP contribution in [0, 0.1) is 6.92 Å². The Balaban J connectivity index is 1.64. The number of nitrogens with one attached hydrogen (secondary N) is 1. The van der Waals surface area contributed by atoms with E-state index in [2.05, 4.69) is 15.4 Å². The first kappa shape index (κ1) is 20.4. The van der Waals surface area contributed by atoms with Crippen molar-refractivity contribution in [1.82, 2.24) is 14.8 Å². The first-order valence-electron chi connectivity index (χ1n) is 8.88. The highest BCUT2D eigenvalue weighted by atomic mass is 35.5. The molecule has 0 saturated heterocycles. The van der Waals surface area contributed by atoms with Crippen LogP contribution in [0.25, 0.3) is 16.4 Å². The van der Waals surface area contributed by atoms with Crippen molar-refractivity contribution in [2.45, 2.75) is 6.92 Å². The summed E-state index contributed by atoms with van der Waals surface area (Å²) in [5.74, 6) is 0.891. The number of ether oxygens (including phenoxy) is 1. The lowest BCUT2D eigenvalue weighted by molar-refractivity contribution is 0.102. The number of rotatable bonds is 5. The molecule has 2 aromatic carbocycles. The lowest BCUT2D eigenvalue weighted by Crippen LogP contribution is -2.15. The van der Waals surface area contributed by atoms with E-state index in [0.29, 0.717) is 21.5 Å². The molecule has 9 heteroatoms. The van der Waals surface area contributed by atoms with E-state index in [-0.39, 0.29) is 10.9 Å². The first-order chi connectivity index (χ1) is 14.4. The van der Waals surface area contributed by atoms with Crippen LogP contribution in [0.3, 0.4) is 0 Å². The molecule has 4 aromatic rings. The number of carbonyl (C=O) groups excluding carboxylic acids is 1. The van der Waals surface area contributed by atoms with Crippen molar-refractivity contribution < 1.29 is 9.53 Å². The summed E-state index contributed by atoms with van der Waals surface area (Å²) in [4.78, 5) is 17.4. The molecule has 0 bridgehead atoms. The van der Waals surface area contributed by atoms with E-state index in [9.17, 15) is 4.79 Å². The highest BCUT2D eigenvalue weighted by Gasteiger charge is 2.17. The maximum Gasteiger partial charge on any atom is 0.258 e. The molecule has 2 heterocycles. The summed E-state index contributed by atoms with van der Waals surface area (Å²) < 4.78 is 6.89. The summed E-state index contributed by atoms with van der Waals surface area (Å²) in [5, 5.41) is 10.6. The number of aromatic nitrogens is 3. The number of thiazole rings is 1. The van der Waals surface area contributed by atoms with Crippen LogP contribution < -0.4 is 10.1 Å². The van der Waals surface area contributed by atoms with E-state index in [1.165, 1.54) is 17.4 Å². The number of hydrogen-bond donors (Lipinski definition) is 1. The van der Waals surface area contributed by atoms with E-state index >= 15 is 0 Å². The maximum atomic E-state index is 12.7. The molecule has 0 fully saturated rings. The predicted molar refractivity (Wildman–Crippen MR) is 120 cm³/mol.